The summed E-state index contributed by atoms with van der Waals surface area (Å²) in [4.78, 5) is 15.9. The summed E-state index contributed by atoms with van der Waals surface area (Å²) in [5.74, 6) is 0.307. The number of nitrogens with zero attached hydrogens (tertiary/aromatic N) is 2. The molecule has 3 rings (SSSR count). The van der Waals surface area contributed by atoms with Crippen molar-refractivity contribution >= 4 is 55.1 Å². The van der Waals surface area contributed by atoms with E-state index in [0.717, 1.165) is 15.8 Å². The van der Waals surface area contributed by atoms with Crippen LogP contribution in [0.4, 0.5) is 0 Å². The summed E-state index contributed by atoms with van der Waals surface area (Å²) >= 11 is 4.88. The second-order valence-electron chi connectivity index (χ2n) is 5.51. The molecule has 0 spiro atoms. The van der Waals surface area contributed by atoms with Crippen LogP contribution in [0.1, 0.15) is 24.4 Å². The van der Waals surface area contributed by atoms with E-state index in [1.807, 2.05) is 31.2 Å². The van der Waals surface area contributed by atoms with Gasteiger partial charge in [0.1, 0.15) is 11.1 Å². The van der Waals surface area contributed by atoms with Gasteiger partial charge in [-0.1, -0.05) is 12.1 Å². The number of fused-ring (bicyclic) bond motifs is 1. The lowest BCUT2D eigenvalue weighted by Crippen LogP contribution is -2.05. The molecule has 5 nitrogen and oxygen atoms in total. The average molecular weight is 443 g/mol. The number of aromatic nitrogens is 1. The van der Waals surface area contributed by atoms with Gasteiger partial charge >= 0.3 is 5.97 Å². The molecule has 136 valence electrons. The molecule has 0 bridgehead atoms. The van der Waals surface area contributed by atoms with Crippen molar-refractivity contribution in [3.63, 3.8) is 0 Å². The number of nitriles is 1. The standard InChI is InChI=1S/C20H15BrN2O3S/c1-3-25-17-10-13(9-15(21)19(17)26-12(2)24)8-14(11-22)20-23-16-6-4-5-7-18(16)27-20/h4-10H,3H2,1-2H3/b14-8+. The third kappa shape index (κ3) is 4.35. The maximum Gasteiger partial charge on any atom is 0.308 e. The first-order valence-electron chi connectivity index (χ1n) is 8.14. The molecule has 0 N–H and O–H groups in total. The van der Waals surface area contributed by atoms with Gasteiger partial charge in [-0.05, 0) is 58.8 Å². The Labute approximate surface area is 169 Å². The van der Waals surface area contributed by atoms with Crippen molar-refractivity contribution in [2.75, 3.05) is 6.61 Å². The summed E-state index contributed by atoms with van der Waals surface area (Å²) in [5.41, 5.74) is 2.04. The molecule has 1 aromatic heterocycles. The first kappa shape index (κ1) is 19.1. The Bertz CT molecular complexity index is 1050. The predicted molar refractivity (Wildman–Crippen MR) is 110 cm³/mol. The molecule has 0 unspecified atom stereocenters. The number of hydrogen-bond donors (Lipinski definition) is 0. The molecule has 0 atom stereocenters. The van der Waals surface area contributed by atoms with Gasteiger partial charge in [-0.3, -0.25) is 4.79 Å². The summed E-state index contributed by atoms with van der Waals surface area (Å²) in [6, 6.07) is 13.5. The molecule has 2 aromatic carbocycles. The lowest BCUT2D eigenvalue weighted by Gasteiger charge is -2.12. The molecule has 0 radical (unpaired) electrons. The largest absolute Gasteiger partial charge is 0.490 e. The zero-order chi connectivity index (χ0) is 19.4. The minimum absolute atomic E-state index is 0.319. The van der Waals surface area contributed by atoms with Crippen LogP contribution in [0.3, 0.4) is 0 Å². The number of esters is 1. The van der Waals surface area contributed by atoms with Crippen LogP contribution in [-0.4, -0.2) is 17.6 Å². The number of hydrogen-bond acceptors (Lipinski definition) is 6. The quantitative estimate of drug-likeness (QED) is 0.298. The van der Waals surface area contributed by atoms with E-state index in [0.29, 0.717) is 33.2 Å². The number of ether oxygens (including phenoxy) is 2. The van der Waals surface area contributed by atoms with Crippen LogP contribution < -0.4 is 9.47 Å². The number of benzene rings is 2. The van der Waals surface area contributed by atoms with Gasteiger partial charge in [-0.25, -0.2) is 4.98 Å². The van der Waals surface area contributed by atoms with Crippen molar-refractivity contribution in [1.82, 2.24) is 4.98 Å². The van der Waals surface area contributed by atoms with Crippen molar-refractivity contribution < 1.29 is 14.3 Å². The van der Waals surface area contributed by atoms with Gasteiger partial charge in [0.15, 0.2) is 11.5 Å². The number of carbonyl (C=O) groups excluding carboxylic acids is 1. The summed E-state index contributed by atoms with van der Waals surface area (Å²) in [5, 5.41) is 10.3. The van der Waals surface area contributed by atoms with Crippen LogP contribution in [0.15, 0.2) is 40.9 Å². The third-order valence-electron chi connectivity index (χ3n) is 3.53. The monoisotopic (exact) mass is 442 g/mol. The molecule has 0 saturated carbocycles. The molecule has 27 heavy (non-hydrogen) atoms. The minimum atomic E-state index is -0.438. The SMILES string of the molecule is CCOc1cc(/C=C(\C#N)c2nc3ccccc3s2)cc(Br)c1OC(C)=O. The van der Waals surface area contributed by atoms with Crippen molar-refractivity contribution in [2.45, 2.75) is 13.8 Å². The van der Waals surface area contributed by atoms with Gasteiger partial charge in [0.2, 0.25) is 0 Å². The Hall–Kier alpha value is -2.69. The Kier molecular flexibility index (Phi) is 5.89. The van der Waals surface area contributed by atoms with Gasteiger partial charge in [-0.15, -0.1) is 11.3 Å². The van der Waals surface area contributed by atoms with Crippen molar-refractivity contribution in [2.24, 2.45) is 0 Å². The molecular formula is C20H15BrN2O3S. The Morgan fingerprint density at radius 3 is 2.81 bits per heavy atom. The van der Waals surface area contributed by atoms with E-state index in [4.69, 9.17) is 9.47 Å². The summed E-state index contributed by atoms with van der Waals surface area (Å²) in [7, 11) is 0. The van der Waals surface area contributed by atoms with Crippen LogP contribution in [0.2, 0.25) is 0 Å². The van der Waals surface area contributed by atoms with Gasteiger partial charge in [-0.2, -0.15) is 5.26 Å². The van der Waals surface area contributed by atoms with Gasteiger partial charge in [0.25, 0.3) is 0 Å². The van der Waals surface area contributed by atoms with Crippen molar-refractivity contribution in [1.29, 1.82) is 5.26 Å². The molecule has 0 amide bonds. The van der Waals surface area contributed by atoms with Crippen LogP contribution in [0, 0.1) is 11.3 Å². The number of rotatable bonds is 5. The molecule has 3 aromatic rings. The maximum absolute atomic E-state index is 11.3. The smallest absolute Gasteiger partial charge is 0.308 e. The van der Waals surface area contributed by atoms with Crippen molar-refractivity contribution in [3.8, 4) is 17.6 Å². The second kappa shape index (κ2) is 8.33. The average Bonchev–Trinajstić information content (AvgIpc) is 3.06. The van der Waals surface area contributed by atoms with Crippen molar-refractivity contribution in [3.05, 3.63) is 51.4 Å². The lowest BCUT2D eigenvalue weighted by atomic mass is 10.1. The Morgan fingerprint density at radius 2 is 2.15 bits per heavy atom. The van der Waals surface area contributed by atoms with Gasteiger partial charge in [0.05, 0.1) is 26.9 Å². The highest BCUT2D eigenvalue weighted by atomic mass is 79.9. The number of carbonyl (C=O) groups is 1. The van der Waals surface area contributed by atoms with E-state index in [9.17, 15) is 10.1 Å². The molecule has 0 aliphatic heterocycles. The fourth-order valence-corrected chi connectivity index (χ4v) is 3.95. The van der Waals surface area contributed by atoms with Gasteiger partial charge in [0, 0.05) is 6.92 Å². The number of thiazole rings is 1. The van der Waals surface area contributed by atoms with Crippen LogP contribution in [-0.2, 0) is 4.79 Å². The van der Waals surface area contributed by atoms with E-state index in [-0.39, 0.29) is 0 Å². The van der Waals surface area contributed by atoms with E-state index < -0.39 is 5.97 Å². The normalized spacial score (nSPS) is 11.3. The molecule has 7 heteroatoms. The number of allylic oxidation sites excluding steroid dienone is 1. The molecule has 0 aliphatic carbocycles. The number of para-hydroxylation sites is 1. The van der Waals surface area contributed by atoms with E-state index in [2.05, 4.69) is 27.0 Å². The third-order valence-corrected chi connectivity index (χ3v) is 5.19. The zero-order valence-corrected chi connectivity index (χ0v) is 17.1. The van der Waals surface area contributed by atoms with Gasteiger partial charge < -0.3 is 9.47 Å². The highest BCUT2D eigenvalue weighted by molar-refractivity contribution is 9.10. The fraction of sp³-hybridized carbons (Fsp3) is 0.150. The topological polar surface area (TPSA) is 72.2 Å². The van der Waals surface area contributed by atoms with Crippen LogP contribution >= 0.6 is 27.3 Å². The second-order valence-corrected chi connectivity index (χ2v) is 7.40. The lowest BCUT2D eigenvalue weighted by molar-refractivity contribution is -0.132. The summed E-state index contributed by atoms with van der Waals surface area (Å²) in [6.07, 6.45) is 1.74. The molecule has 0 fully saturated rings. The highest BCUT2D eigenvalue weighted by Crippen LogP contribution is 2.38. The van der Waals surface area contributed by atoms with Crippen LogP contribution in [0.25, 0.3) is 21.9 Å². The molecule has 1 heterocycles. The maximum atomic E-state index is 11.3. The fourth-order valence-electron chi connectivity index (χ4n) is 2.47. The van der Waals surface area contributed by atoms with Crippen LogP contribution in [0.5, 0.6) is 11.5 Å². The first-order valence-corrected chi connectivity index (χ1v) is 9.75. The highest BCUT2D eigenvalue weighted by Gasteiger charge is 2.15. The van der Waals surface area contributed by atoms with E-state index >= 15 is 0 Å². The zero-order valence-electron chi connectivity index (χ0n) is 14.7. The van der Waals surface area contributed by atoms with E-state index in [1.54, 1.807) is 18.2 Å². The predicted octanol–water partition coefficient (Wildman–Crippen LogP) is 5.45. The Balaban J connectivity index is 2.05. The molecule has 0 saturated heterocycles. The summed E-state index contributed by atoms with van der Waals surface area (Å²) in [6.45, 7) is 3.59. The first-order chi connectivity index (χ1) is 13.0. The molecular weight excluding hydrogens is 428 g/mol. The number of halogens is 1. The van der Waals surface area contributed by atoms with E-state index in [1.165, 1.54) is 18.3 Å². The Morgan fingerprint density at radius 1 is 1.37 bits per heavy atom. The summed E-state index contributed by atoms with van der Waals surface area (Å²) < 4.78 is 12.4. The molecule has 0 aliphatic rings. The minimum Gasteiger partial charge on any atom is -0.490 e.